The van der Waals surface area contributed by atoms with Gasteiger partial charge in [0, 0.05) is 6.20 Å². The number of carbonyl (C=O) groups excluding carboxylic acids is 2. The molecule has 3 aromatic heterocycles. The van der Waals surface area contributed by atoms with Crippen LogP contribution in [0.2, 0.25) is 0 Å². The number of nitrogens with zero attached hydrogens (tertiary/aromatic N) is 3. The van der Waals surface area contributed by atoms with Gasteiger partial charge in [-0.1, -0.05) is 30.0 Å². The van der Waals surface area contributed by atoms with Crippen molar-refractivity contribution in [3.63, 3.8) is 0 Å². The summed E-state index contributed by atoms with van der Waals surface area (Å²) in [5.41, 5.74) is 5.76. The maximum atomic E-state index is 13.1. The molecule has 0 atom stereocenters. The van der Waals surface area contributed by atoms with Crippen molar-refractivity contribution >= 4 is 34.5 Å². The van der Waals surface area contributed by atoms with Crippen LogP contribution in [0.4, 0.5) is 0 Å². The average Bonchev–Trinajstić information content (AvgIpc) is 3.32. The van der Waals surface area contributed by atoms with Crippen molar-refractivity contribution in [2.24, 2.45) is 0 Å². The SMILES string of the molecule is Cc1ccc(-n2c(SCC(=O)NNC(=O)c3ccco3)nc3ccccc3c2=O)nc1. The number of fused-ring (bicyclic) bond motifs is 1. The Kier molecular flexibility index (Phi) is 5.80. The van der Waals surface area contributed by atoms with Gasteiger partial charge in [-0.05, 0) is 42.8 Å². The molecule has 0 aliphatic carbocycles. The first kappa shape index (κ1) is 20.4. The molecule has 0 bridgehead atoms. The van der Waals surface area contributed by atoms with Crippen molar-refractivity contribution < 1.29 is 14.0 Å². The third kappa shape index (κ3) is 4.48. The van der Waals surface area contributed by atoms with E-state index in [0.717, 1.165) is 17.3 Å². The minimum atomic E-state index is -0.576. The van der Waals surface area contributed by atoms with Gasteiger partial charge >= 0.3 is 5.91 Å². The van der Waals surface area contributed by atoms with Crippen molar-refractivity contribution in [1.82, 2.24) is 25.4 Å². The number of thioether (sulfide) groups is 1. The topological polar surface area (TPSA) is 119 Å². The third-order valence-corrected chi connectivity index (χ3v) is 5.20. The van der Waals surface area contributed by atoms with Crippen LogP contribution in [0.5, 0.6) is 0 Å². The zero-order chi connectivity index (χ0) is 21.8. The summed E-state index contributed by atoms with van der Waals surface area (Å²) in [5, 5.41) is 0.761. The fourth-order valence-corrected chi connectivity index (χ4v) is 3.57. The first-order valence-electron chi connectivity index (χ1n) is 9.23. The number of hydrogen-bond acceptors (Lipinski definition) is 7. The summed E-state index contributed by atoms with van der Waals surface area (Å²) in [7, 11) is 0. The van der Waals surface area contributed by atoms with E-state index in [1.165, 1.54) is 16.9 Å². The standard InChI is InChI=1S/C21H17N5O4S/c1-13-8-9-17(22-11-13)26-20(29)14-5-2-3-6-15(14)23-21(26)31-12-18(27)24-25-19(28)16-7-4-10-30-16/h2-11H,12H2,1H3,(H,24,27)(H,25,28). The molecular formula is C21H17N5O4S. The van der Waals surface area contributed by atoms with E-state index < -0.39 is 11.8 Å². The van der Waals surface area contributed by atoms with E-state index in [0.29, 0.717) is 21.9 Å². The summed E-state index contributed by atoms with van der Waals surface area (Å²) in [4.78, 5) is 46.1. The first-order valence-corrected chi connectivity index (χ1v) is 10.2. The van der Waals surface area contributed by atoms with Gasteiger partial charge in [0.15, 0.2) is 10.9 Å². The zero-order valence-electron chi connectivity index (χ0n) is 16.4. The lowest BCUT2D eigenvalue weighted by Crippen LogP contribution is -2.42. The van der Waals surface area contributed by atoms with Crippen molar-refractivity contribution in [3.8, 4) is 5.82 Å². The van der Waals surface area contributed by atoms with Gasteiger partial charge in [0.1, 0.15) is 5.82 Å². The van der Waals surface area contributed by atoms with Gasteiger partial charge in [0.2, 0.25) is 5.91 Å². The van der Waals surface area contributed by atoms with Crippen molar-refractivity contribution in [1.29, 1.82) is 0 Å². The van der Waals surface area contributed by atoms with Gasteiger partial charge in [0.25, 0.3) is 5.56 Å². The molecule has 0 aliphatic heterocycles. The monoisotopic (exact) mass is 435 g/mol. The fraction of sp³-hybridized carbons (Fsp3) is 0.0952. The molecule has 2 amide bonds. The van der Waals surface area contributed by atoms with Crippen molar-refractivity contribution in [3.05, 3.63) is 82.7 Å². The lowest BCUT2D eigenvalue weighted by Gasteiger charge is -2.12. The molecule has 2 N–H and O–H groups in total. The van der Waals surface area contributed by atoms with E-state index in [1.807, 2.05) is 13.0 Å². The number of rotatable bonds is 5. The van der Waals surface area contributed by atoms with Crippen LogP contribution in [0, 0.1) is 6.92 Å². The van der Waals surface area contributed by atoms with Gasteiger partial charge < -0.3 is 4.42 Å². The number of furan rings is 1. The van der Waals surface area contributed by atoms with E-state index in [4.69, 9.17) is 4.42 Å². The van der Waals surface area contributed by atoms with Gasteiger partial charge in [-0.3, -0.25) is 25.2 Å². The molecule has 10 heteroatoms. The van der Waals surface area contributed by atoms with Gasteiger partial charge in [-0.2, -0.15) is 0 Å². The van der Waals surface area contributed by atoms with E-state index >= 15 is 0 Å². The largest absolute Gasteiger partial charge is 0.459 e. The molecule has 4 aromatic rings. The summed E-state index contributed by atoms with van der Waals surface area (Å²) in [5.74, 6) is -0.662. The highest BCUT2D eigenvalue weighted by molar-refractivity contribution is 7.99. The van der Waals surface area contributed by atoms with Crippen LogP contribution >= 0.6 is 11.8 Å². The molecule has 0 spiro atoms. The van der Waals surface area contributed by atoms with Crippen LogP contribution in [-0.4, -0.2) is 32.1 Å². The number of aryl methyl sites for hydroxylation is 1. The Bertz CT molecular complexity index is 1300. The molecule has 1 aromatic carbocycles. The van der Waals surface area contributed by atoms with Crippen LogP contribution in [0.15, 0.2) is 75.4 Å². The second-order valence-corrected chi connectivity index (χ2v) is 7.46. The van der Waals surface area contributed by atoms with Crippen molar-refractivity contribution in [2.75, 3.05) is 5.75 Å². The normalized spacial score (nSPS) is 10.7. The van der Waals surface area contributed by atoms with Crippen LogP contribution in [0.25, 0.3) is 16.7 Å². The Morgan fingerprint density at radius 2 is 1.94 bits per heavy atom. The molecule has 0 radical (unpaired) electrons. The molecule has 0 aliphatic rings. The molecule has 9 nitrogen and oxygen atoms in total. The Balaban J connectivity index is 1.57. The van der Waals surface area contributed by atoms with E-state index in [2.05, 4.69) is 20.8 Å². The number of hydrogen-bond donors (Lipinski definition) is 2. The minimum Gasteiger partial charge on any atom is -0.459 e. The van der Waals surface area contributed by atoms with E-state index in [9.17, 15) is 14.4 Å². The van der Waals surface area contributed by atoms with Crippen LogP contribution in [0.3, 0.4) is 0 Å². The summed E-state index contributed by atoms with van der Waals surface area (Å²) in [6.07, 6.45) is 3.01. The number of hydrazine groups is 1. The summed E-state index contributed by atoms with van der Waals surface area (Å²) in [6.45, 7) is 1.90. The molecule has 0 saturated heterocycles. The number of carbonyl (C=O) groups is 2. The second-order valence-electron chi connectivity index (χ2n) is 6.51. The highest BCUT2D eigenvalue weighted by Crippen LogP contribution is 2.20. The summed E-state index contributed by atoms with van der Waals surface area (Å²) < 4.78 is 6.34. The predicted octanol–water partition coefficient (Wildman–Crippen LogP) is 2.24. The molecule has 4 rings (SSSR count). The number of benzene rings is 1. The summed E-state index contributed by atoms with van der Waals surface area (Å²) in [6, 6.07) is 13.6. The van der Waals surface area contributed by atoms with Crippen molar-refractivity contribution in [2.45, 2.75) is 12.1 Å². The first-order chi connectivity index (χ1) is 15.0. The smallest absolute Gasteiger partial charge is 0.305 e. The second kappa shape index (κ2) is 8.84. The Labute approximate surface area is 180 Å². The lowest BCUT2D eigenvalue weighted by molar-refractivity contribution is -0.119. The maximum absolute atomic E-state index is 13.1. The fourth-order valence-electron chi connectivity index (χ4n) is 2.77. The Morgan fingerprint density at radius 1 is 1.10 bits per heavy atom. The number of pyridine rings is 1. The van der Waals surface area contributed by atoms with Gasteiger partial charge in [0.05, 0.1) is 22.9 Å². The van der Waals surface area contributed by atoms with Gasteiger partial charge in [-0.25, -0.2) is 14.5 Å². The zero-order valence-corrected chi connectivity index (χ0v) is 17.2. The number of nitrogens with one attached hydrogen (secondary N) is 2. The number of para-hydroxylation sites is 1. The van der Waals surface area contributed by atoms with Crippen LogP contribution in [0.1, 0.15) is 16.1 Å². The Hall–Kier alpha value is -3.92. The molecular weight excluding hydrogens is 418 g/mol. The predicted molar refractivity (Wildman–Crippen MR) is 115 cm³/mol. The molecule has 31 heavy (non-hydrogen) atoms. The van der Waals surface area contributed by atoms with Crippen LogP contribution in [-0.2, 0) is 4.79 Å². The minimum absolute atomic E-state index is 0.0726. The average molecular weight is 435 g/mol. The van der Waals surface area contributed by atoms with Gasteiger partial charge in [-0.15, -0.1) is 0 Å². The third-order valence-electron chi connectivity index (χ3n) is 4.26. The maximum Gasteiger partial charge on any atom is 0.305 e. The number of aromatic nitrogens is 3. The van der Waals surface area contributed by atoms with E-state index in [-0.39, 0.29) is 17.1 Å². The summed E-state index contributed by atoms with van der Waals surface area (Å²) >= 11 is 1.06. The number of amides is 2. The lowest BCUT2D eigenvalue weighted by atomic mass is 10.2. The molecule has 0 unspecified atom stereocenters. The molecule has 3 heterocycles. The molecule has 0 saturated carbocycles. The molecule has 156 valence electrons. The highest BCUT2D eigenvalue weighted by Gasteiger charge is 2.16. The van der Waals surface area contributed by atoms with Crippen LogP contribution < -0.4 is 16.4 Å². The van der Waals surface area contributed by atoms with E-state index in [1.54, 1.807) is 42.6 Å². The Morgan fingerprint density at radius 3 is 2.68 bits per heavy atom. The molecule has 0 fully saturated rings. The highest BCUT2D eigenvalue weighted by atomic mass is 32.2. The quantitative estimate of drug-likeness (QED) is 0.280.